The maximum Gasteiger partial charge on any atom is 0.307 e. The first kappa shape index (κ1) is 21.3. The molecule has 0 saturated carbocycles. The number of nitrogens with one attached hydrogen (secondary N) is 1. The van der Waals surface area contributed by atoms with E-state index in [0.717, 1.165) is 16.7 Å². The van der Waals surface area contributed by atoms with E-state index < -0.39 is 16.0 Å². The third-order valence-electron chi connectivity index (χ3n) is 4.94. The van der Waals surface area contributed by atoms with Crippen LogP contribution in [0.3, 0.4) is 0 Å². The summed E-state index contributed by atoms with van der Waals surface area (Å²) in [4.78, 5) is 11.0. The zero-order valence-electron chi connectivity index (χ0n) is 17.1. The Balaban J connectivity index is 1.60. The molecule has 0 aliphatic heterocycles. The Morgan fingerprint density at radius 1 is 0.906 bits per heavy atom. The average Bonchev–Trinajstić information content (AvgIpc) is 3.14. The van der Waals surface area contributed by atoms with Crippen molar-refractivity contribution >= 4 is 21.7 Å². The Hall–Kier alpha value is -3.91. The second-order valence-electron chi connectivity index (χ2n) is 7.24. The quantitative estimate of drug-likeness (QED) is 0.422. The summed E-state index contributed by atoms with van der Waals surface area (Å²) in [7, 11) is -3.79. The van der Waals surface area contributed by atoms with Gasteiger partial charge in [0, 0.05) is 5.56 Å². The van der Waals surface area contributed by atoms with Gasteiger partial charge in [0.25, 0.3) is 10.0 Å². The minimum absolute atomic E-state index is 0.0221. The lowest BCUT2D eigenvalue weighted by molar-refractivity contribution is -0.136. The number of carboxylic acid groups (broad SMARTS) is 1. The number of carboxylic acids is 1. The van der Waals surface area contributed by atoms with Gasteiger partial charge in [0.15, 0.2) is 5.76 Å². The zero-order valence-corrected chi connectivity index (χ0v) is 18.0. The Morgan fingerprint density at radius 2 is 1.47 bits per heavy atom. The van der Waals surface area contributed by atoms with E-state index >= 15 is 0 Å². The summed E-state index contributed by atoms with van der Waals surface area (Å²) in [6, 6.07) is 22.8. The van der Waals surface area contributed by atoms with Crippen LogP contribution in [0.15, 0.2) is 88.3 Å². The predicted molar refractivity (Wildman–Crippen MR) is 121 cm³/mol. The van der Waals surface area contributed by atoms with Crippen LogP contribution in [0.2, 0.25) is 0 Å². The highest BCUT2D eigenvalue weighted by Crippen LogP contribution is 2.34. The number of carbonyl (C=O) groups is 1. The average molecular weight is 449 g/mol. The first-order valence-corrected chi connectivity index (χ1v) is 11.3. The molecule has 0 aliphatic carbocycles. The van der Waals surface area contributed by atoms with Crippen molar-refractivity contribution in [2.75, 3.05) is 4.72 Å². The lowest BCUT2D eigenvalue weighted by Crippen LogP contribution is -2.13. The molecule has 0 spiro atoms. The van der Waals surface area contributed by atoms with Gasteiger partial charge < -0.3 is 9.63 Å². The number of sulfonamides is 1. The predicted octanol–water partition coefficient (Wildman–Crippen LogP) is 4.74. The van der Waals surface area contributed by atoms with E-state index in [0.29, 0.717) is 22.7 Å². The Labute approximate surface area is 185 Å². The van der Waals surface area contributed by atoms with Crippen molar-refractivity contribution in [1.29, 1.82) is 0 Å². The zero-order chi connectivity index (χ0) is 22.7. The number of aliphatic carboxylic acids is 1. The number of hydrogen-bond acceptors (Lipinski definition) is 5. The maximum atomic E-state index is 12.8. The Morgan fingerprint density at radius 3 is 2.06 bits per heavy atom. The Bertz CT molecular complexity index is 1340. The van der Waals surface area contributed by atoms with Gasteiger partial charge in [0.1, 0.15) is 11.4 Å². The monoisotopic (exact) mass is 448 g/mol. The minimum atomic E-state index is -3.79. The summed E-state index contributed by atoms with van der Waals surface area (Å²) in [5.41, 5.74) is 3.98. The van der Waals surface area contributed by atoms with Gasteiger partial charge in [-0.3, -0.25) is 9.52 Å². The molecule has 0 atom stereocenters. The van der Waals surface area contributed by atoms with Crippen LogP contribution in [0.1, 0.15) is 11.3 Å². The van der Waals surface area contributed by atoms with Crippen LogP contribution in [-0.4, -0.2) is 24.7 Å². The van der Waals surface area contributed by atoms with Gasteiger partial charge in [-0.05, 0) is 35.7 Å². The van der Waals surface area contributed by atoms with Crippen LogP contribution in [-0.2, 0) is 21.2 Å². The first-order chi connectivity index (χ1) is 15.3. The highest BCUT2D eigenvalue weighted by atomic mass is 32.2. The van der Waals surface area contributed by atoms with Crippen LogP contribution < -0.4 is 4.72 Å². The molecular weight excluding hydrogens is 428 g/mol. The molecule has 4 aromatic rings. The smallest absolute Gasteiger partial charge is 0.307 e. The molecule has 1 aromatic heterocycles. The molecule has 1 heterocycles. The molecule has 3 aromatic carbocycles. The number of nitrogens with zero attached hydrogens (tertiary/aromatic N) is 1. The molecule has 0 bridgehead atoms. The first-order valence-electron chi connectivity index (χ1n) is 9.79. The van der Waals surface area contributed by atoms with Crippen molar-refractivity contribution in [3.05, 3.63) is 90.1 Å². The number of anilines is 1. The molecule has 8 heteroatoms. The van der Waals surface area contributed by atoms with Crippen LogP contribution >= 0.6 is 0 Å². The second kappa shape index (κ2) is 8.68. The highest BCUT2D eigenvalue weighted by Gasteiger charge is 2.22. The fraction of sp³-hybridized carbons (Fsp3) is 0.0833. The molecule has 0 aliphatic rings. The molecule has 32 heavy (non-hydrogen) atoms. The summed E-state index contributed by atoms with van der Waals surface area (Å²) in [6.07, 6.45) is -0.0221. The van der Waals surface area contributed by atoms with Crippen molar-refractivity contribution in [2.24, 2.45) is 0 Å². The van der Waals surface area contributed by atoms with Crippen molar-refractivity contribution in [1.82, 2.24) is 5.16 Å². The molecule has 4 rings (SSSR count). The van der Waals surface area contributed by atoms with Crippen LogP contribution in [0.25, 0.3) is 22.5 Å². The number of hydrogen-bond donors (Lipinski definition) is 2. The molecule has 0 amide bonds. The molecule has 0 unspecified atom stereocenters. The summed E-state index contributed by atoms with van der Waals surface area (Å²) < 4.78 is 33.5. The van der Waals surface area contributed by atoms with E-state index in [1.54, 1.807) is 37.3 Å². The van der Waals surface area contributed by atoms with Gasteiger partial charge >= 0.3 is 5.97 Å². The molecule has 0 saturated heterocycles. The Kier molecular flexibility index (Phi) is 5.79. The molecule has 0 radical (unpaired) electrons. The van der Waals surface area contributed by atoms with Crippen molar-refractivity contribution in [3.8, 4) is 22.5 Å². The molecule has 2 N–H and O–H groups in total. The fourth-order valence-corrected chi connectivity index (χ4v) is 4.43. The minimum Gasteiger partial charge on any atom is -0.481 e. The molecule has 162 valence electrons. The van der Waals surface area contributed by atoms with E-state index in [2.05, 4.69) is 9.88 Å². The fourth-order valence-electron chi connectivity index (χ4n) is 3.28. The number of rotatable bonds is 7. The van der Waals surface area contributed by atoms with Gasteiger partial charge in [0.2, 0.25) is 0 Å². The van der Waals surface area contributed by atoms with Crippen LogP contribution in [0.4, 0.5) is 5.69 Å². The van der Waals surface area contributed by atoms with Gasteiger partial charge in [-0.25, -0.2) is 8.42 Å². The van der Waals surface area contributed by atoms with Gasteiger partial charge in [-0.15, -0.1) is 0 Å². The van der Waals surface area contributed by atoms with Crippen molar-refractivity contribution in [2.45, 2.75) is 18.2 Å². The van der Waals surface area contributed by atoms with Crippen molar-refractivity contribution in [3.63, 3.8) is 0 Å². The van der Waals surface area contributed by atoms with E-state index in [1.807, 2.05) is 36.4 Å². The number of aryl methyl sites for hydroxylation is 1. The summed E-state index contributed by atoms with van der Waals surface area (Å²) >= 11 is 0. The topological polar surface area (TPSA) is 110 Å². The normalized spacial score (nSPS) is 11.3. The van der Waals surface area contributed by atoms with Crippen LogP contribution in [0.5, 0.6) is 0 Å². The van der Waals surface area contributed by atoms with E-state index in [-0.39, 0.29) is 11.3 Å². The van der Waals surface area contributed by atoms with E-state index in [9.17, 15) is 13.2 Å². The number of aromatic nitrogens is 1. The third-order valence-corrected chi connectivity index (χ3v) is 6.31. The van der Waals surface area contributed by atoms with Gasteiger partial charge in [-0.1, -0.05) is 71.9 Å². The summed E-state index contributed by atoms with van der Waals surface area (Å²) in [5, 5.41) is 12.8. The van der Waals surface area contributed by atoms with Crippen LogP contribution in [0, 0.1) is 6.92 Å². The van der Waals surface area contributed by atoms with E-state index in [4.69, 9.17) is 9.63 Å². The highest BCUT2D eigenvalue weighted by molar-refractivity contribution is 7.92. The van der Waals surface area contributed by atoms with E-state index in [1.165, 1.54) is 12.1 Å². The lowest BCUT2D eigenvalue weighted by Gasteiger charge is -2.09. The summed E-state index contributed by atoms with van der Waals surface area (Å²) in [5.74, 6) is -0.548. The SMILES string of the molecule is Cc1noc(-c2ccc(-c3ccc(CC(=O)O)cc3)cc2)c1NS(=O)(=O)c1ccccc1. The largest absolute Gasteiger partial charge is 0.481 e. The van der Waals surface area contributed by atoms with Crippen molar-refractivity contribution < 1.29 is 22.8 Å². The standard InChI is InChI=1S/C24H20N2O5S/c1-16-23(26-32(29,30)21-5-3-2-4-6-21)24(31-25-16)20-13-11-19(12-14-20)18-9-7-17(8-10-18)15-22(27)28/h2-14,26H,15H2,1H3,(H,27,28). The number of benzene rings is 3. The molecular formula is C24H20N2O5S. The lowest BCUT2D eigenvalue weighted by atomic mass is 10.0. The second-order valence-corrected chi connectivity index (χ2v) is 8.92. The maximum absolute atomic E-state index is 12.8. The summed E-state index contributed by atoms with van der Waals surface area (Å²) in [6.45, 7) is 1.67. The van der Waals surface area contributed by atoms with Gasteiger partial charge in [0.05, 0.1) is 11.3 Å². The third kappa shape index (κ3) is 4.55. The van der Waals surface area contributed by atoms with Gasteiger partial charge in [-0.2, -0.15) is 0 Å². The molecule has 0 fully saturated rings. The molecule has 7 nitrogen and oxygen atoms in total.